The number of nitrogens with two attached hydrogens (primary N) is 1. The molecule has 9 heteroatoms. The van der Waals surface area contributed by atoms with E-state index in [4.69, 9.17) is 21.8 Å². The monoisotopic (exact) mass is 292 g/mol. The highest BCUT2D eigenvalue weighted by molar-refractivity contribution is 7.89. The summed E-state index contributed by atoms with van der Waals surface area (Å²) in [5.74, 6) is -2.14. The van der Waals surface area contributed by atoms with Crippen LogP contribution >= 0.6 is 11.6 Å². The first kappa shape index (κ1) is 14.4. The number of nitrogens with one attached hydrogen (secondary N) is 1. The summed E-state index contributed by atoms with van der Waals surface area (Å²) in [5, 5.41) is 15.6. The number of carboxylic acid groups (broad SMARTS) is 1. The number of halogens is 1. The van der Waals surface area contributed by atoms with E-state index in [0.717, 1.165) is 6.07 Å². The molecule has 1 aromatic carbocycles. The molecule has 0 bridgehead atoms. The third-order valence-electron chi connectivity index (χ3n) is 1.85. The van der Waals surface area contributed by atoms with Gasteiger partial charge in [-0.05, 0) is 18.2 Å². The summed E-state index contributed by atoms with van der Waals surface area (Å²) in [7, 11) is -3.93. The maximum atomic E-state index is 11.2. The van der Waals surface area contributed by atoms with E-state index in [9.17, 15) is 18.0 Å². The van der Waals surface area contributed by atoms with Crippen LogP contribution in [0.3, 0.4) is 0 Å². The van der Waals surface area contributed by atoms with E-state index in [1.165, 1.54) is 12.1 Å². The van der Waals surface area contributed by atoms with Crippen molar-refractivity contribution < 1.29 is 23.1 Å². The van der Waals surface area contributed by atoms with Crippen LogP contribution in [-0.2, 0) is 19.6 Å². The van der Waals surface area contributed by atoms with Gasteiger partial charge in [0.1, 0.15) is 6.42 Å². The Balaban J connectivity index is 3.02. The molecule has 0 fully saturated rings. The Kier molecular flexibility index (Phi) is 4.28. The molecule has 0 aromatic heterocycles. The second-order valence-electron chi connectivity index (χ2n) is 3.31. The minimum Gasteiger partial charge on any atom is -0.481 e. The zero-order valence-corrected chi connectivity index (χ0v) is 10.5. The predicted molar refractivity (Wildman–Crippen MR) is 63.7 cm³/mol. The number of benzene rings is 1. The van der Waals surface area contributed by atoms with Crippen LogP contribution in [0.2, 0.25) is 5.02 Å². The molecule has 0 aliphatic carbocycles. The maximum absolute atomic E-state index is 11.2. The number of hydrogen-bond donors (Lipinski definition) is 3. The molecule has 0 unspecified atom stereocenters. The highest BCUT2D eigenvalue weighted by Crippen LogP contribution is 2.24. The van der Waals surface area contributed by atoms with Crippen molar-refractivity contribution in [3.63, 3.8) is 0 Å². The van der Waals surface area contributed by atoms with Gasteiger partial charge in [-0.2, -0.15) is 0 Å². The largest absolute Gasteiger partial charge is 0.481 e. The summed E-state index contributed by atoms with van der Waals surface area (Å²) in [6, 6.07) is 3.46. The van der Waals surface area contributed by atoms with Gasteiger partial charge in [0.15, 0.2) is 0 Å². The number of hydrogen-bond acceptors (Lipinski definition) is 4. The van der Waals surface area contributed by atoms with E-state index in [1.54, 1.807) is 0 Å². The molecule has 0 heterocycles. The first-order chi connectivity index (χ1) is 8.20. The van der Waals surface area contributed by atoms with Gasteiger partial charge < -0.3 is 10.4 Å². The van der Waals surface area contributed by atoms with E-state index in [-0.39, 0.29) is 15.6 Å². The summed E-state index contributed by atoms with van der Waals surface area (Å²) in [5.41, 5.74) is -0.0190. The molecule has 4 N–H and O–H groups in total. The van der Waals surface area contributed by atoms with Gasteiger partial charge in [0.25, 0.3) is 0 Å². The van der Waals surface area contributed by atoms with Crippen molar-refractivity contribution in [2.24, 2.45) is 5.14 Å². The minimum absolute atomic E-state index is 0.0190. The molecule has 0 saturated carbocycles. The second kappa shape index (κ2) is 5.34. The average molecular weight is 293 g/mol. The molecule has 0 spiro atoms. The van der Waals surface area contributed by atoms with Crippen molar-refractivity contribution in [3.05, 3.63) is 23.2 Å². The third kappa shape index (κ3) is 3.99. The van der Waals surface area contributed by atoms with E-state index in [0.29, 0.717) is 0 Å². The van der Waals surface area contributed by atoms with Gasteiger partial charge in [0, 0.05) is 0 Å². The molecule has 7 nitrogen and oxygen atoms in total. The number of primary sulfonamides is 1. The van der Waals surface area contributed by atoms with Crippen LogP contribution < -0.4 is 10.5 Å². The lowest BCUT2D eigenvalue weighted by atomic mass is 10.3. The first-order valence-electron chi connectivity index (χ1n) is 4.54. The van der Waals surface area contributed by atoms with Crippen LogP contribution in [0.5, 0.6) is 0 Å². The standard InChI is InChI=1S/C9H9ClN2O5S/c10-6-2-1-5(18(11,16)17)3-7(6)12-8(13)4-9(14)15/h1-3H,4H2,(H,12,13)(H,14,15)(H2,11,16,17). The molecule has 98 valence electrons. The number of aliphatic carboxylic acids is 1. The smallest absolute Gasteiger partial charge is 0.312 e. The van der Waals surface area contributed by atoms with Crippen molar-refractivity contribution in [3.8, 4) is 0 Å². The van der Waals surface area contributed by atoms with Crippen molar-refractivity contribution in [1.29, 1.82) is 0 Å². The first-order valence-corrected chi connectivity index (χ1v) is 6.46. The van der Waals surface area contributed by atoms with Gasteiger partial charge in [-0.3, -0.25) is 9.59 Å². The Morgan fingerprint density at radius 3 is 2.50 bits per heavy atom. The van der Waals surface area contributed by atoms with Crippen LogP contribution in [0.4, 0.5) is 5.69 Å². The number of carboxylic acids is 1. The van der Waals surface area contributed by atoms with Gasteiger partial charge >= 0.3 is 5.97 Å². The Hall–Kier alpha value is -1.64. The van der Waals surface area contributed by atoms with Gasteiger partial charge in [-0.25, -0.2) is 13.6 Å². The number of carbonyl (C=O) groups excluding carboxylic acids is 1. The molecule has 1 aromatic rings. The lowest BCUT2D eigenvalue weighted by Crippen LogP contribution is -2.17. The van der Waals surface area contributed by atoms with Gasteiger partial charge in [0.05, 0.1) is 15.6 Å². The fourth-order valence-electron chi connectivity index (χ4n) is 1.11. The molecule has 0 aliphatic heterocycles. The van der Waals surface area contributed by atoms with Crippen LogP contribution in [0.15, 0.2) is 23.1 Å². The van der Waals surface area contributed by atoms with Crippen molar-refractivity contribution in [2.75, 3.05) is 5.32 Å². The SMILES string of the molecule is NS(=O)(=O)c1ccc(Cl)c(NC(=O)CC(=O)O)c1. The Labute approximate surface area is 108 Å². The van der Waals surface area contributed by atoms with Gasteiger partial charge in [0.2, 0.25) is 15.9 Å². The summed E-state index contributed by atoms with van der Waals surface area (Å²) in [4.78, 5) is 21.3. The van der Waals surface area contributed by atoms with Crippen molar-refractivity contribution >= 4 is 39.2 Å². The zero-order chi connectivity index (χ0) is 13.9. The quantitative estimate of drug-likeness (QED) is 0.692. The Bertz CT molecular complexity index is 599. The highest BCUT2D eigenvalue weighted by Gasteiger charge is 2.14. The van der Waals surface area contributed by atoms with Gasteiger partial charge in [-0.1, -0.05) is 11.6 Å². The number of anilines is 1. The lowest BCUT2D eigenvalue weighted by Gasteiger charge is -2.07. The third-order valence-corrected chi connectivity index (χ3v) is 3.09. The topological polar surface area (TPSA) is 127 Å². The van der Waals surface area contributed by atoms with E-state index in [1.807, 2.05) is 0 Å². The number of amides is 1. The molecule has 0 saturated heterocycles. The Morgan fingerprint density at radius 1 is 1.39 bits per heavy atom. The minimum atomic E-state index is -3.93. The lowest BCUT2D eigenvalue weighted by molar-refractivity contribution is -0.139. The fraction of sp³-hybridized carbons (Fsp3) is 0.111. The fourth-order valence-corrected chi connectivity index (χ4v) is 1.81. The molecule has 0 aliphatic rings. The highest BCUT2D eigenvalue weighted by atomic mass is 35.5. The molecule has 1 amide bonds. The molecule has 18 heavy (non-hydrogen) atoms. The summed E-state index contributed by atoms with van der Waals surface area (Å²) in [6.45, 7) is 0. The van der Waals surface area contributed by atoms with Gasteiger partial charge in [-0.15, -0.1) is 0 Å². The maximum Gasteiger partial charge on any atom is 0.312 e. The summed E-state index contributed by atoms with van der Waals surface area (Å²) in [6.07, 6.45) is -0.754. The molecular weight excluding hydrogens is 284 g/mol. The van der Waals surface area contributed by atoms with Crippen LogP contribution in [0.25, 0.3) is 0 Å². The molecule has 0 radical (unpaired) electrons. The van der Waals surface area contributed by atoms with Crippen LogP contribution in [0.1, 0.15) is 6.42 Å². The normalized spacial score (nSPS) is 11.0. The number of sulfonamides is 1. The Morgan fingerprint density at radius 2 is 2.00 bits per heavy atom. The van der Waals surface area contributed by atoms with Crippen LogP contribution in [-0.4, -0.2) is 25.4 Å². The van der Waals surface area contributed by atoms with Crippen molar-refractivity contribution in [1.82, 2.24) is 0 Å². The van der Waals surface area contributed by atoms with Crippen molar-refractivity contribution in [2.45, 2.75) is 11.3 Å². The molecule has 0 atom stereocenters. The second-order valence-corrected chi connectivity index (χ2v) is 5.27. The van der Waals surface area contributed by atoms with Crippen LogP contribution in [0, 0.1) is 0 Å². The zero-order valence-electron chi connectivity index (χ0n) is 8.88. The summed E-state index contributed by atoms with van der Waals surface area (Å²) < 4.78 is 22.2. The molecule has 1 rings (SSSR count). The summed E-state index contributed by atoms with van der Waals surface area (Å²) >= 11 is 5.73. The molecular formula is C9H9ClN2O5S. The number of rotatable bonds is 4. The number of carbonyl (C=O) groups is 2. The predicted octanol–water partition coefficient (Wildman–Crippen LogP) is 0.401. The average Bonchev–Trinajstić information content (AvgIpc) is 2.18. The van der Waals surface area contributed by atoms with E-state index >= 15 is 0 Å². The van der Waals surface area contributed by atoms with E-state index in [2.05, 4.69) is 5.32 Å². The van der Waals surface area contributed by atoms with E-state index < -0.39 is 28.3 Å².